The maximum atomic E-state index is 13.5. The predicted octanol–water partition coefficient (Wildman–Crippen LogP) is 4.04. The third-order valence-corrected chi connectivity index (χ3v) is 6.09. The number of hydrogen-bond acceptors (Lipinski definition) is 4. The quantitative estimate of drug-likeness (QED) is 0.650. The average Bonchev–Trinajstić information content (AvgIpc) is 3.20. The SMILES string of the molecule is CCCN(CC(=O)N1CCc2sccc2[C@@H]1COc1cccc(F)c1)C(=O)CC. The van der Waals surface area contributed by atoms with Crippen LogP contribution in [0, 0.1) is 5.82 Å². The standard InChI is InChI=1S/C22H27FN2O3S/c1-3-10-24(21(26)4-2)14-22(27)25-11-8-20-18(9-12-29-20)19(25)15-28-17-7-5-6-16(23)13-17/h5-7,9,12-13,19H,3-4,8,10-11,14-15H2,1-2H3/t19-/m0/s1. The van der Waals surface area contributed by atoms with E-state index in [1.54, 1.807) is 33.3 Å². The number of ether oxygens (including phenoxy) is 1. The summed E-state index contributed by atoms with van der Waals surface area (Å²) < 4.78 is 19.3. The zero-order chi connectivity index (χ0) is 20.8. The van der Waals surface area contributed by atoms with Crippen molar-refractivity contribution in [3.05, 3.63) is 52.0 Å². The number of thiophene rings is 1. The zero-order valence-electron chi connectivity index (χ0n) is 16.9. The van der Waals surface area contributed by atoms with Crippen molar-refractivity contribution in [2.45, 2.75) is 39.2 Å². The van der Waals surface area contributed by atoms with Crippen LogP contribution in [0.25, 0.3) is 0 Å². The number of hydrogen-bond donors (Lipinski definition) is 0. The summed E-state index contributed by atoms with van der Waals surface area (Å²) in [6.45, 7) is 5.29. The number of benzene rings is 1. The van der Waals surface area contributed by atoms with E-state index in [1.165, 1.54) is 17.0 Å². The van der Waals surface area contributed by atoms with Gasteiger partial charge in [-0.25, -0.2) is 4.39 Å². The molecule has 1 aromatic carbocycles. The molecule has 29 heavy (non-hydrogen) atoms. The lowest BCUT2D eigenvalue weighted by Crippen LogP contribution is -2.47. The molecule has 0 saturated carbocycles. The van der Waals surface area contributed by atoms with E-state index in [-0.39, 0.29) is 36.8 Å². The second-order valence-electron chi connectivity index (χ2n) is 7.09. The van der Waals surface area contributed by atoms with Gasteiger partial charge in [0, 0.05) is 30.5 Å². The smallest absolute Gasteiger partial charge is 0.242 e. The molecule has 2 aromatic rings. The third kappa shape index (κ3) is 5.15. The molecule has 0 bridgehead atoms. The van der Waals surface area contributed by atoms with Crippen LogP contribution in [0.1, 0.15) is 43.2 Å². The molecule has 0 fully saturated rings. The fourth-order valence-corrected chi connectivity index (χ4v) is 4.57. The summed E-state index contributed by atoms with van der Waals surface area (Å²) in [6, 6.07) is 7.79. The van der Waals surface area contributed by atoms with Gasteiger partial charge in [0.25, 0.3) is 0 Å². The van der Waals surface area contributed by atoms with Crippen LogP contribution < -0.4 is 4.74 Å². The van der Waals surface area contributed by atoms with Gasteiger partial charge in [0.05, 0.1) is 12.6 Å². The molecule has 2 amide bonds. The van der Waals surface area contributed by atoms with Crippen molar-refractivity contribution < 1.29 is 18.7 Å². The molecule has 1 aliphatic heterocycles. The molecule has 0 N–H and O–H groups in total. The van der Waals surface area contributed by atoms with E-state index in [0.29, 0.717) is 25.3 Å². The van der Waals surface area contributed by atoms with Crippen molar-refractivity contribution in [2.75, 3.05) is 26.2 Å². The van der Waals surface area contributed by atoms with E-state index in [9.17, 15) is 14.0 Å². The second-order valence-corrected chi connectivity index (χ2v) is 8.09. The summed E-state index contributed by atoms with van der Waals surface area (Å²) >= 11 is 1.68. The van der Waals surface area contributed by atoms with Gasteiger partial charge in [-0.1, -0.05) is 19.9 Å². The lowest BCUT2D eigenvalue weighted by molar-refractivity contribution is -0.142. The molecule has 3 rings (SSSR count). The zero-order valence-corrected chi connectivity index (χ0v) is 17.7. The first-order valence-corrected chi connectivity index (χ1v) is 10.9. The van der Waals surface area contributed by atoms with Crippen LogP contribution in [0.3, 0.4) is 0 Å². The van der Waals surface area contributed by atoms with E-state index < -0.39 is 0 Å². The van der Waals surface area contributed by atoms with Gasteiger partial charge in [-0.2, -0.15) is 0 Å². The van der Waals surface area contributed by atoms with Crippen molar-refractivity contribution in [3.8, 4) is 5.75 Å². The molecule has 7 heteroatoms. The third-order valence-electron chi connectivity index (χ3n) is 5.09. The molecule has 0 unspecified atom stereocenters. The molecule has 0 saturated heterocycles. The lowest BCUT2D eigenvalue weighted by atomic mass is 10.0. The van der Waals surface area contributed by atoms with Crippen LogP contribution in [-0.4, -0.2) is 47.9 Å². The minimum Gasteiger partial charge on any atom is -0.491 e. The number of nitrogens with zero attached hydrogens (tertiary/aromatic N) is 2. The summed E-state index contributed by atoms with van der Waals surface area (Å²) in [6.07, 6.45) is 1.98. The first-order chi connectivity index (χ1) is 14.0. The van der Waals surface area contributed by atoms with Crippen molar-refractivity contribution >= 4 is 23.2 Å². The molecule has 0 spiro atoms. The highest BCUT2D eigenvalue weighted by Crippen LogP contribution is 2.34. The van der Waals surface area contributed by atoms with Gasteiger partial charge >= 0.3 is 0 Å². The predicted molar refractivity (Wildman–Crippen MR) is 112 cm³/mol. The number of amides is 2. The maximum Gasteiger partial charge on any atom is 0.242 e. The molecule has 1 aliphatic rings. The molecule has 0 radical (unpaired) electrons. The summed E-state index contributed by atoms with van der Waals surface area (Å²) in [7, 11) is 0. The highest BCUT2D eigenvalue weighted by molar-refractivity contribution is 7.10. The minimum absolute atomic E-state index is 0.0130. The molecule has 156 valence electrons. The Hall–Kier alpha value is -2.41. The number of fused-ring (bicyclic) bond motifs is 1. The molecular weight excluding hydrogens is 391 g/mol. The van der Waals surface area contributed by atoms with Crippen LogP contribution in [0.4, 0.5) is 4.39 Å². The first-order valence-electron chi connectivity index (χ1n) is 10.0. The van der Waals surface area contributed by atoms with Crippen LogP contribution >= 0.6 is 11.3 Å². The Labute approximate surface area is 175 Å². The number of carbonyl (C=O) groups is 2. The van der Waals surface area contributed by atoms with E-state index in [4.69, 9.17) is 4.74 Å². The van der Waals surface area contributed by atoms with Crippen molar-refractivity contribution in [1.82, 2.24) is 9.80 Å². The number of halogens is 1. The highest BCUT2D eigenvalue weighted by atomic mass is 32.1. The van der Waals surface area contributed by atoms with Crippen molar-refractivity contribution in [2.24, 2.45) is 0 Å². The van der Waals surface area contributed by atoms with Gasteiger partial charge in [0.1, 0.15) is 18.2 Å². The van der Waals surface area contributed by atoms with E-state index in [1.807, 2.05) is 25.3 Å². The Morgan fingerprint density at radius 2 is 2.14 bits per heavy atom. The summed E-state index contributed by atoms with van der Waals surface area (Å²) in [5, 5.41) is 2.03. The van der Waals surface area contributed by atoms with Gasteiger partial charge in [0.2, 0.25) is 11.8 Å². The molecule has 1 atom stereocenters. The molecule has 2 heterocycles. The minimum atomic E-state index is -0.358. The molecule has 5 nitrogen and oxygen atoms in total. The second kappa shape index (κ2) is 9.87. The Kier molecular flexibility index (Phi) is 7.25. The van der Waals surface area contributed by atoms with E-state index >= 15 is 0 Å². The van der Waals surface area contributed by atoms with E-state index in [0.717, 1.165) is 18.4 Å². The molecule has 1 aromatic heterocycles. The number of rotatable bonds is 8. The summed E-state index contributed by atoms with van der Waals surface area (Å²) in [4.78, 5) is 30.0. The summed E-state index contributed by atoms with van der Waals surface area (Å²) in [5.41, 5.74) is 1.08. The fourth-order valence-electron chi connectivity index (χ4n) is 3.65. The Bertz CT molecular complexity index is 854. The van der Waals surface area contributed by atoms with Gasteiger partial charge in [0.15, 0.2) is 0 Å². The first kappa shape index (κ1) is 21.3. The van der Waals surface area contributed by atoms with Crippen molar-refractivity contribution in [3.63, 3.8) is 0 Å². The normalized spacial score (nSPS) is 15.7. The average molecular weight is 419 g/mol. The van der Waals surface area contributed by atoms with Crippen LogP contribution in [0.5, 0.6) is 5.75 Å². The lowest BCUT2D eigenvalue weighted by Gasteiger charge is -2.37. The van der Waals surface area contributed by atoms with Crippen molar-refractivity contribution in [1.29, 1.82) is 0 Å². The Morgan fingerprint density at radius 1 is 1.31 bits per heavy atom. The molecular formula is C22H27FN2O3S. The van der Waals surface area contributed by atoms with Gasteiger partial charge in [-0.15, -0.1) is 11.3 Å². The fraction of sp³-hybridized carbons (Fsp3) is 0.455. The van der Waals surface area contributed by atoms with E-state index in [2.05, 4.69) is 0 Å². The largest absolute Gasteiger partial charge is 0.491 e. The van der Waals surface area contributed by atoms with Gasteiger partial charge < -0.3 is 14.5 Å². The Balaban J connectivity index is 1.76. The monoisotopic (exact) mass is 418 g/mol. The maximum absolute atomic E-state index is 13.5. The van der Waals surface area contributed by atoms with Crippen LogP contribution in [-0.2, 0) is 16.0 Å². The van der Waals surface area contributed by atoms with Crippen LogP contribution in [0.2, 0.25) is 0 Å². The topological polar surface area (TPSA) is 49.9 Å². The summed E-state index contributed by atoms with van der Waals surface area (Å²) in [5.74, 6) is -0.0111. The Morgan fingerprint density at radius 3 is 2.86 bits per heavy atom. The molecule has 0 aliphatic carbocycles. The number of carbonyl (C=O) groups excluding carboxylic acids is 2. The van der Waals surface area contributed by atoms with Gasteiger partial charge in [-0.05, 0) is 42.0 Å². The van der Waals surface area contributed by atoms with Crippen LogP contribution in [0.15, 0.2) is 35.7 Å². The van der Waals surface area contributed by atoms with Gasteiger partial charge in [-0.3, -0.25) is 9.59 Å². The highest BCUT2D eigenvalue weighted by Gasteiger charge is 2.33.